The van der Waals surface area contributed by atoms with Crippen LogP contribution in [0.2, 0.25) is 5.02 Å². The SMILES string of the molecule is CC(C)CC(c1cncc(Cl)c1)C(C)N.Cl. The average molecular weight is 263 g/mol. The third-order valence-electron chi connectivity index (χ3n) is 2.51. The molecule has 4 heteroatoms. The number of nitrogens with zero attached hydrogens (tertiary/aromatic N) is 1. The van der Waals surface area contributed by atoms with Gasteiger partial charge >= 0.3 is 0 Å². The molecule has 2 N–H and O–H groups in total. The Labute approximate surface area is 109 Å². The largest absolute Gasteiger partial charge is 0.327 e. The minimum Gasteiger partial charge on any atom is -0.327 e. The highest BCUT2D eigenvalue weighted by Crippen LogP contribution is 2.27. The molecule has 0 saturated heterocycles. The fraction of sp³-hybridized carbons (Fsp3) is 0.583. The van der Waals surface area contributed by atoms with Crippen molar-refractivity contribution in [3.63, 3.8) is 0 Å². The quantitative estimate of drug-likeness (QED) is 0.900. The molecule has 2 nitrogen and oxygen atoms in total. The van der Waals surface area contributed by atoms with Crippen molar-refractivity contribution in [1.82, 2.24) is 4.98 Å². The molecule has 0 saturated carbocycles. The molecular weight excluding hydrogens is 243 g/mol. The number of hydrogen-bond acceptors (Lipinski definition) is 2. The molecule has 0 spiro atoms. The molecule has 0 aliphatic rings. The second kappa shape index (κ2) is 7.10. The lowest BCUT2D eigenvalue weighted by atomic mass is 9.86. The first-order valence-electron chi connectivity index (χ1n) is 5.36. The van der Waals surface area contributed by atoms with Crippen LogP contribution in [-0.4, -0.2) is 11.0 Å². The summed E-state index contributed by atoms with van der Waals surface area (Å²) < 4.78 is 0. The van der Waals surface area contributed by atoms with Crippen LogP contribution in [0.5, 0.6) is 0 Å². The van der Waals surface area contributed by atoms with Crippen LogP contribution in [0.3, 0.4) is 0 Å². The number of aromatic nitrogens is 1. The fourth-order valence-electron chi connectivity index (χ4n) is 1.79. The van der Waals surface area contributed by atoms with Crippen molar-refractivity contribution in [2.24, 2.45) is 11.7 Å². The second-order valence-electron chi connectivity index (χ2n) is 4.53. The van der Waals surface area contributed by atoms with Crippen molar-refractivity contribution in [2.45, 2.75) is 39.2 Å². The van der Waals surface area contributed by atoms with E-state index in [2.05, 4.69) is 18.8 Å². The van der Waals surface area contributed by atoms with Gasteiger partial charge in [0.15, 0.2) is 0 Å². The van der Waals surface area contributed by atoms with E-state index in [4.69, 9.17) is 17.3 Å². The molecule has 0 aliphatic carbocycles. The van der Waals surface area contributed by atoms with Crippen LogP contribution in [0, 0.1) is 5.92 Å². The van der Waals surface area contributed by atoms with Gasteiger partial charge in [-0.05, 0) is 30.9 Å². The Bertz CT molecular complexity index is 314. The maximum absolute atomic E-state index is 6.00. The lowest BCUT2D eigenvalue weighted by molar-refractivity contribution is 0.449. The number of pyridine rings is 1. The lowest BCUT2D eigenvalue weighted by Crippen LogP contribution is -2.26. The van der Waals surface area contributed by atoms with E-state index in [-0.39, 0.29) is 18.4 Å². The molecule has 2 unspecified atom stereocenters. The van der Waals surface area contributed by atoms with Gasteiger partial charge in [0.25, 0.3) is 0 Å². The van der Waals surface area contributed by atoms with Crippen molar-refractivity contribution in [3.8, 4) is 0 Å². The summed E-state index contributed by atoms with van der Waals surface area (Å²) in [5, 5.41) is 0.682. The zero-order valence-corrected chi connectivity index (χ0v) is 11.6. The Hall–Kier alpha value is -0.310. The van der Waals surface area contributed by atoms with Crippen LogP contribution in [0.15, 0.2) is 18.5 Å². The molecule has 0 aliphatic heterocycles. The van der Waals surface area contributed by atoms with E-state index in [1.807, 2.05) is 19.2 Å². The topological polar surface area (TPSA) is 38.9 Å². The summed E-state index contributed by atoms with van der Waals surface area (Å²) in [6, 6.07) is 2.10. The molecule has 0 fully saturated rings. The Morgan fingerprint density at radius 1 is 1.31 bits per heavy atom. The van der Waals surface area contributed by atoms with Gasteiger partial charge in [0.05, 0.1) is 5.02 Å². The maximum atomic E-state index is 6.00. The van der Waals surface area contributed by atoms with Gasteiger partial charge in [-0.1, -0.05) is 25.4 Å². The van der Waals surface area contributed by atoms with Crippen LogP contribution >= 0.6 is 24.0 Å². The molecule has 0 bridgehead atoms. The zero-order valence-electron chi connectivity index (χ0n) is 9.98. The molecular formula is C12H20Cl2N2. The van der Waals surface area contributed by atoms with Gasteiger partial charge in [0.1, 0.15) is 0 Å². The van der Waals surface area contributed by atoms with E-state index in [0.717, 1.165) is 12.0 Å². The van der Waals surface area contributed by atoms with Crippen LogP contribution < -0.4 is 5.73 Å². The predicted octanol–water partition coefficient (Wildman–Crippen LogP) is 3.63. The summed E-state index contributed by atoms with van der Waals surface area (Å²) in [6.45, 7) is 6.44. The summed E-state index contributed by atoms with van der Waals surface area (Å²) in [7, 11) is 0. The van der Waals surface area contributed by atoms with E-state index in [0.29, 0.717) is 16.9 Å². The number of hydrogen-bond donors (Lipinski definition) is 1. The summed E-state index contributed by atoms with van der Waals surface area (Å²) >= 11 is 5.93. The van der Waals surface area contributed by atoms with Gasteiger partial charge in [0.2, 0.25) is 0 Å². The predicted molar refractivity (Wildman–Crippen MR) is 72.3 cm³/mol. The van der Waals surface area contributed by atoms with Gasteiger partial charge in [-0.3, -0.25) is 4.98 Å². The summed E-state index contributed by atoms with van der Waals surface area (Å²) in [5.74, 6) is 0.969. The van der Waals surface area contributed by atoms with E-state index in [9.17, 15) is 0 Å². The van der Waals surface area contributed by atoms with Crippen molar-refractivity contribution in [2.75, 3.05) is 0 Å². The molecule has 1 aromatic rings. The summed E-state index contributed by atoms with van der Waals surface area (Å²) in [4.78, 5) is 4.11. The Balaban J connectivity index is 0.00000225. The monoisotopic (exact) mass is 262 g/mol. The summed E-state index contributed by atoms with van der Waals surface area (Å²) in [6.07, 6.45) is 4.58. The van der Waals surface area contributed by atoms with E-state index >= 15 is 0 Å². The van der Waals surface area contributed by atoms with Crippen molar-refractivity contribution >= 4 is 24.0 Å². The van der Waals surface area contributed by atoms with Crippen LogP contribution in [0.4, 0.5) is 0 Å². The molecule has 0 radical (unpaired) electrons. The van der Waals surface area contributed by atoms with Gasteiger partial charge < -0.3 is 5.73 Å². The highest BCUT2D eigenvalue weighted by molar-refractivity contribution is 6.30. The van der Waals surface area contributed by atoms with Crippen LogP contribution in [0.25, 0.3) is 0 Å². The van der Waals surface area contributed by atoms with Crippen molar-refractivity contribution in [3.05, 3.63) is 29.0 Å². The smallest absolute Gasteiger partial charge is 0.0592 e. The van der Waals surface area contributed by atoms with Crippen molar-refractivity contribution < 1.29 is 0 Å². The van der Waals surface area contributed by atoms with Crippen LogP contribution in [-0.2, 0) is 0 Å². The highest BCUT2D eigenvalue weighted by atomic mass is 35.5. The minimum absolute atomic E-state index is 0. The highest BCUT2D eigenvalue weighted by Gasteiger charge is 2.18. The lowest BCUT2D eigenvalue weighted by Gasteiger charge is -2.22. The first kappa shape index (κ1) is 15.7. The average Bonchev–Trinajstić information content (AvgIpc) is 2.13. The molecule has 2 atom stereocenters. The molecule has 0 amide bonds. The number of rotatable bonds is 4. The molecule has 92 valence electrons. The van der Waals surface area contributed by atoms with Gasteiger partial charge in [-0.25, -0.2) is 0 Å². The standard InChI is InChI=1S/C12H19ClN2.ClH/c1-8(2)4-12(9(3)14)10-5-11(13)7-15-6-10;/h5-9,12H,4,14H2,1-3H3;1H. The molecule has 0 aromatic carbocycles. The van der Waals surface area contributed by atoms with Crippen molar-refractivity contribution in [1.29, 1.82) is 0 Å². The molecule has 1 rings (SSSR count). The first-order valence-corrected chi connectivity index (χ1v) is 5.74. The molecule has 1 aromatic heterocycles. The first-order chi connectivity index (χ1) is 7.00. The van der Waals surface area contributed by atoms with Gasteiger partial charge in [-0.2, -0.15) is 0 Å². The second-order valence-corrected chi connectivity index (χ2v) is 4.97. The Morgan fingerprint density at radius 2 is 1.94 bits per heavy atom. The fourth-order valence-corrected chi connectivity index (χ4v) is 1.98. The van der Waals surface area contributed by atoms with Crippen LogP contribution in [0.1, 0.15) is 38.7 Å². The zero-order chi connectivity index (χ0) is 11.4. The van der Waals surface area contributed by atoms with E-state index in [1.54, 1.807) is 6.20 Å². The molecule has 1 heterocycles. The van der Waals surface area contributed by atoms with Gasteiger partial charge in [-0.15, -0.1) is 12.4 Å². The molecule has 16 heavy (non-hydrogen) atoms. The van der Waals surface area contributed by atoms with E-state index in [1.165, 1.54) is 0 Å². The number of nitrogens with two attached hydrogens (primary N) is 1. The number of halogens is 2. The third kappa shape index (κ3) is 4.69. The normalized spacial score (nSPS) is 14.4. The Kier molecular flexibility index (Phi) is 6.96. The maximum Gasteiger partial charge on any atom is 0.0592 e. The van der Waals surface area contributed by atoms with E-state index < -0.39 is 0 Å². The summed E-state index contributed by atoms with van der Waals surface area (Å²) in [5.41, 5.74) is 7.14. The third-order valence-corrected chi connectivity index (χ3v) is 2.72. The van der Waals surface area contributed by atoms with Gasteiger partial charge in [0, 0.05) is 24.4 Å². The minimum atomic E-state index is 0. The Morgan fingerprint density at radius 3 is 2.38 bits per heavy atom.